The molecule has 0 N–H and O–H groups in total. The molecular weight excluding hydrogens is 325 g/mol. The van der Waals surface area contributed by atoms with Crippen molar-refractivity contribution in [1.29, 1.82) is 0 Å². The fourth-order valence-electron chi connectivity index (χ4n) is 3.47. The minimum atomic E-state index is -0.226. The number of rotatable bonds is 1. The molecule has 0 aliphatic heterocycles. The Morgan fingerprint density at radius 2 is 1.73 bits per heavy atom. The monoisotopic (exact) mass is 347 g/mol. The summed E-state index contributed by atoms with van der Waals surface area (Å²) in [6.07, 6.45) is 1.81. The smallest absolute Gasteiger partial charge is 0.146 e. The molecule has 0 atom stereocenters. The van der Waals surface area contributed by atoms with E-state index in [0.717, 1.165) is 22.0 Å². The van der Waals surface area contributed by atoms with E-state index in [1.165, 1.54) is 5.56 Å². The fraction of sp³-hybridized carbons (Fsp3) is 0.261. The second-order valence-corrected chi connectivity index (χ2v) is 8.00. The highest BCUT2D eigenvalue weighted by atomic mass is 19.1. The van der Waals surface area contributed by atoms with Crippen LogP contribution in [0.15, 0.2) is 47.0 Å². The number of benzene rings is 2. The van der Waals surface area contributed by atoms with Crippen LogP contribution in [0.4, 0.5) is 4.39 Å². The van der Waals surface area contributed by atoms with Crippen molar-refractivity contribution in [3.05, 3.63) is 65.3 Å². The highest BCUT2D eigenvalue weighted by Gasteiger charge is 2.19. The number of nitrogens with zero attached hydrogens (tertiary/aromatic N) is 1. The molecule has 0 saturated carbocycles. The molecule has 0 amide bonds. The Kier molecular flexibility index (Phi) is 3.65. The predicted molar refractivity (Wildman–Crippen MR) is 105 cm³/mol. The van der Waals surface area contributed by atoms with Gasteiger partial charge < -0.3 is 4.42 Å². The molecule has 0 spiro atoms. The lowest BCUT2D eigenvalue weighted by molar-refractivity contribution is 0.577. The van der Waals surface area contributed by atoms with Crippen molar-refractivity contribution in [1.82, 2.24) is 4.98 Å². The third kappa shape index (κ3) is 2.59. The zero-order chi connectivity index (χ0) is 18.6. The van der Waals surface area contributed by atoms with Gasteiger partial charge in [-0.05, 0) is 54.0 Å². The van der Waals surface area contributed by atoms with Crippen LogP contribution >= 0.6 is 0 Å². The first-order valence-electron chi connectivity index (χ1n) is 8.84. The van der Waals surface area contributed by atoms with Crippen LogP contribution in [0.1, 0.15) is 37.7 Å². The maximum absolute atomic E-state index is 14.5. The summed E-state index contributed by atoms with van der Waals surface area (Å²) in [6.45, 7) is 10.2. The van der Waals surface area contributed by atoms with Gasteiger partial charge in [-0.15, -0.1) is 0 Å². The van der Waals surface area contributed by atoms with Gasteiger partial charge in [0.1, 0.15) is 17.2 Å². The summed E-state index contributed by atoms with van der Waals surface area (Å²) in [7, 11) is 0. The van der Waals surface area contributed by atoms with Crippen LogP contribution in [0.25, 0.3) is 33.0 Å². The van der Waals surface area contributed by atoms with Gasteiger partial charge in [0, 0.05) is 17.1 Å². The average molecular weight is 347 g/mol. The highest BCUT2D eigenvalue weighted by molar-refractivity contribution is 6.02. The van der Waals surface area contributed by atoms with Crippen molar-refractivity contribution in [3.63, 3.8) is 0 Å². The number of halogens is 1. The van der Waals surface area contributed by atoms with Crippen LogP contribution < -0.4 is 0 Å². The quantitative estimate of drug-likeness (QED) is 0.383. The number of fused-ring (bicyclic) bond motifs is 2. The molecule has 0 saturated heterocycles. The Labute approximate surface area is 152 Å². The Morgan fingerprint density at radius 3 is 2.46 bits per heavy atom. The third-order valence-corrected chi connectivity index (χ3v) is 4.93. The van der Waals surface area contributed by atoms with E-state index >= 15 is 0 Å². The summed E-state index contributed by atoms with van der Waals surface area (Å²) in [5, 5.41) is 2.69. The van der Waals surface area contributed by atoms with Gasteiger partial charge in [-0.3, -0.25) is 4.98 Å². The number of pyridine rings is 1. The first-order valence-corrected chi connectivity index (χ1v) is 8.84. The molecular formula is C23H22FNO. The normalized spacial score (nSPS) is 12.2. The van der Waals surface area contributed by atoms with Gasteiger partial charge in [0.15, 0.2) is 0 Å². The van der Waals surface area contributed by atoms with Crippen LogP contribution in [-0.2, 0) is 5.41 Å². The number of aryl methyl sites for hydroxylation is 2. The lowest BCUT2D eigenvalue weighted by atomic mass is 9.85. The van der Waals surface area contributed by atoms with Crippen LogP contribution in [0.2, 0.25) is 0 Å². The second kappa shape index (κ2) is 5.66. The van der Waals surface area contributed by atoms with Gasteiger partial charge in [0.25, 0.3) is 0 Å². The summed E-state index contributed by atoms with van der Waals surface area (Å²) in [4.78, 5) is 4.62. The van der Waals surface area contributed by atoms with Gasteiger partial charge in [-0.1, -0.05) is 39.0 Å². The molecule has 0 aliphatic carbocycles. The van der Waals surface area contributed by atoms with Gasteiger partial charge >= 0.3 is 0 Å². The van der Waals surface area contributed by atoms with E-state index in [4.69, 9.17) is 4.42 Å². The van der Waals surface area contributed by atoms with Crippen LogP contribution in [0, 0.1) is 19.7 Å². The molecule has 0 fully saturated rings. The van der Waals surface area contributed by atoms with E-state index in [1.807, 2.05) is 25.3 Å². The Bertz CT molecular complexity index is 1150. The minimum absolute atomic E-state index is 0.0788. The Hall–Kier alpha value is -2.68. The van der Waals surface area contributed by atoms with E-state index in [1.54, 1.807) is 13.0 Å². The topological polar surface area (TPSA) is 26.0 Å². The van der Waals surface area contributed by atoms with Crippen molar-refractivity contribution >= 4 is 21.7 Å². The highest BCUT2D eigenvalue weighted by Crippen LogP contribution is 2.37. The lowest BCUT2D eigenvalue weighted by Crippen LogP contribution is -2.10. The lowest BCUT2D eigenvalue weighted by Gasteiger charge is -2.20. The summed E-state index contributed by atoms with van der Waals surface area (Å²) in [5.41, 5.74) is 4.17. The molecule has 4 aromatic rings. The maximum Gasteiger partial charge on any atom is 0.146 e. The van der Waals surface area contributed by atoms with Crippen molar-refractivity contribution in [3.8, 4) is 11.3 Å². The zero-order valence-corrected chi connectivity index (χ0v) is 15.8. The molecule has 2 nitrogen and oxygen atoms in total. The maximum atomic E-state index is 14.5. The Balaban J connectivity index is 2.04. The molecule has 0 aliphatic rings. The minimum Gasteiger partial charge on any atom is -0.461 e. The molecule has 26 heavy (non-hydrogen) atoms. The molecule has 4 rings (SSSR count). The van der Waals surface area contributed by atoms with Crippen LogP contribution in [0.3, 0.4) is 0 Å². The average Bonchev–Trinajstić information content (AvgIpc) is 2.98. The summed E-state index contributed by atoms with van der Waals surface area (Å²) in [5.74, 6) is 0.469. The SMILES string of the molecule is Cc1cc2c(F)c(C)cc(-c3nccc4cc(C(C)(C)C)ccc34)c2o1. The first-order chi connectivity index (χ1) is 12.3. The largest absolute Gasteiger partial charge is 0.461 e. The Morgan fingerprint density at radius 1 is 0.962 bits per heavy atom. The molecule has 2 aromatic heterocycles. The van der Waals surface area contributed by atoms with Crippen LogP contribution in [0.5, 0.6) is 0 Å². The molecule has 2 aromatic carbocycles. The summed E-state index contributed by atoms with van der Waals surface area (Å²) >= 11 is 0. The molecule has 132 valence electrons. The predicted octanol–water partition coefficient (Wildman–Crippen LogP) is 6.70. The van der Waals surface area contributed by atoms with Crippen LogP contribution in [-0.4, -0.2) is 4.98 Å². The van der Waals surface area contributed by atoms with Gasteiger partial charge in [0.2, 0.25) is 0 Å². The first kappa shape index (κ1) is 16.8. The van der Waals surface area contributed by atoms with E-state index in [0.29, 0.717) is 22.3 Å². The molecule has 0 bridgehead atoms. The second-order valence-electron chi connectivity index (χ2n) is 8.00. The van der Waals surface area contributed by atoms with Gasteiger partial charge in [0.05, 0.1) is 11.1 Å². The molecule has 2 heterocycles. The molecule has 3 heteroatoms. The standard InChI is InChI=1S/C23H22FNO/c1-13-10-19(22-18(20(13)24)11-14(2)26-22)21-17-7-6-16(23(3,4)5)12-15(17)8-9-25-21/h6-12H,1-5H3. The van der Waals surface area contributed by atoms with Gasteiger partial charge in [-0.2, -0.15) is 0 Å². The molecule has 0 radical (unpaired) electrons. The number of hydrogen-bond acceptors (Lipinski definition) is 2. The summed E-state index contributed by atoms with van der Waals surface area (Å²) < 4.78 is 20.4. The van der Waals surface area contributed by atoms with Crippen molar-refractivity contribution in [2.24, 2.45) is 0 Å². The fourth-order valence-corrected chi connectivity index (χ4v) is 3.47. The van der Waals surface area contributed by atoms with Gasteiger partial charge in [-0.25, -0.2) is 4.39 Å². The number of hydrogen-bond donors (Lipinski definition) is 0. The number of aromatic nitrogens is 1. The number of furan rings is 1. The van der Waals surface area contributed by atoms with E-state index < -0.39 is 0 Å². The van der Waals surface area contributed by atoms with E-state index in [9.17, 15) is 4.39 Å². The van der Waals surface area contributed by atoms with Crippen molar-refractivity contribution in [2.45, 2.75) is 40.0 Å². The zero-order valence-electron chi connectivity index (χ0n) is 15.8. The summed E-state index contributed by atoms with van der Waals surface area (Å²) in [6, 6.07) is 12.1. The van der Waals surface area contributed by atoms with Crippen molar-refractivity contribution < 1.29 is 8.81 Å². The van der Waals surface area contributed by atoms with Crippen molar-refractivity contribution in [2.75, 3.05) is 0 Å². The molecule has 0 unspecified atom stereocenters. The van der Waals surface area contributed by atoms with E-state index in [2.05, 4.69) is 44.0 Å². The van der Waals surface area contributed by atoms with E-state index in [-0.39, 0.29) is 11.2 Å². The third-order valence-electron chi connectivity index (χ3n) is 4.93.